The van der Waals surface area contributed by atoms with Crippen molar-refractivity contribution < 1.29 is 0 Å². The van der Waals surface area contributed by atoms with Crippen LogP contribution in [0, 0.1) is 0 Å². The Morgan fingerprint density at radius 2 is 0.517 bits per heavy atom. The van der Waals surface area contributed by atoms with Gasteiger partial charge in [-0.3, -0.25) is 0 Å². The van der Waals surface area contributed by atoms with E-state index >= 15 is 0 Å². The Labute approximate surface area is 335 Å². The van der Waals surface area contributed by atoms with Crippen LogP contribution in [0.15, 0.2) is 206 Å². The van der Waals surface area contributed by atoms with Gasteiger partial charge in [0.15, 0.2) is 17.5 Å². The number of benzene rings is 9. The molecular formula is C54H34N4. The lowest BCUT2D eigenvalue weighted by Gasteiger charge is -2.15. The van der Waals surface area contributed by atoms with Crippen LogP contribution in [-0.4, -0.2) is 19.9 Å². The highest BCUT2D eigenvalue weighted by molar-refractivity contribution is 6.31. The third-order valence-corrected chi connectivity index (χ3v) is 11.1. The van der Waals surface area contributed by atoms with Crippen LogP contribution < -0.4 is 0 Å². The van der Waals surface area contributed by atoms with E-state index in [0.29, 0.717) is 17.5 Å². The van der Waals surface area contributed by atoms with E-state index in [2.05, 4.69) is 194 Å². The highest BCUT2D eigenvalue weighted by atomic mass is 15.0. The number of hydrogen-bond donors (Lipinski definition) is 0. The molecule has 2 heterocycles. The second kappa shape index (κ2) is 14.0. The smallest absolute Gasteiger partial charge is 0.164 e. The van der Waals surface area contributed by atoms with Crippen molar-refractivity contribution in [1.82, 2.24) is 19.9 Å². The Morgan fingerprint density at radius 3 is 0.983 bits per heavy atom. The van der Waals surface area contributed by atoms with Crippen LogP contribution in [0.1, 0.15) is 0 Å². The lowest BCUT2D eigenvalue weighted by Crippen LogP contribution is -2.00. The Balaban J connectivity index is 1.03. The number of aromatic nitrogens is 4. The minimum Gasteiger partial charge on any atom is -0.246 e. The molecule has 58 heavy (non-hydrogen) atoms. The van der Waals surface area contributed by atoms with E-state index in [1.165, 1.54) is 38.1 Å². The lowest BCUT2D eigenvalue weighted by atomic mass is 9.92. The number of fused-ring (bicyclic) bond motifs is 8. The minimum absolute atomic E-state index is 0.611. The molecule has 0 atom stereocenters. The van der Waals surface area contributed by atoms with Crippen LogP contribution in [0.25, 0.3) is 111 Å². The first-order valence-corrected chi connectivity index (χ1v) is 19.6. The summed E-state index contributed by atoms with van der Waals surface area (Å²) in [6.07, 6.45) is 0. The van der Waals surface area contributed by atoms with Crippen molar-refractivity contribution in [3.05, 3.63) is 206 Å². The fraction of sp³-hybridized carbons (Fsp3) is 0. The summed E-state index contributed by atoms with van der Waals surface area (Å²) in [5.74, 6) is 1.86. The van der Waals surface area contributed by atoms with E-state index in [1.807, 2.05) is 12.1 Å². The van der Waals surface area contributed by atoms with E-state index in [9.17, 15) is 0 Å². The van der Waals surface area contributed by atoms with Crippen molar-refractivity contribution >= 4 is 43.2 Å². The zero-order valence-corrected chi connectivity index (χ0v) is 31.4. The van der Waals surface area contributed by atoms with Crippen molar-refractivity contribution in [2.75, 3.05) is 0 Å². The van der Waals surface area contributed by atoms with Gasteiger partial charge in [0.05, 0.1) is 11.2 Å². The predicted molar refractivity (Wildman–Crippen MR) is 240 cm³/mol. The minimum atomic E-state index is 0.611. The Bertz CT molecular complexity index is 3190. The maximum Gasteiger partial charge on any atom is 0.164 e. The second-order valence-corrected chi connectivity index (χ2v) is 14.6. The molecule has 0 aliphatic carbocycles. The van der Waals surface area contributed by atoms with Crippen LogP contribution in [0.2, 0.25) is 0 Å². The zero-order valence-electron chi connectivity index (χ0n) is 31.4. The van der Waals surface area contributed by atoms with Crippen molar-refractivity contribution in [1.29, 1.82) is 0 Å². The monoisotopic (exact) mass is 738 g/mol. The topological polar surface area (TPSA) is 51.6 Å². The van der Waals surface area contributed by atoms with E-state index in [4.69, 9.17) is 19.9 Å². The average molecular weight is 739 g/mol. The number of hydrogen-bond acceptors (Lipinski definition) is 4. The highest BCUT2D eigenvalue weighted by Gasteiger charge is 2.18. The van der Waals surface area contributed by atoms with Crippen molar-refractivity contribution in [2.24, 2.45) is 0 Å². The number of rotatable bonds is 6. The molecule has 0 aliphatic heterocycles. The van der Waals surface area contributed by atoms with E-state index in [1.54, 1.807) is 0 Å². The van der Waals surface area contributed by atoms with Gasteiger partial charge in [-0.1, -0.05) is 206 Å². The van der Waals surface area contributed by atoms with Crippen LogP contribution in [0.5, 0.6) is 0 Å². The maximum atomic E-state index is 5.48. The molecule has 4 nitrogen and oxygen atoms in total. The molecule has 0 saturated heterocycles. The molecule has 270 valence electrons. The second-order valence-electron chi connectivity index (χ2n) is 14.6. The summed E-state index contributed by atoms with van der Waals surface area (Å²) in [4.78, 5) is 20.7. The first-order chi connectivity index (χ1) is 28.7. The average Bonchev–Trinajstić information content (AvgIpc) is 3.32. The quantitative estimate of drug-likeness (QED) is 0.159. The largest absolute Gasteiger partial charge is 0.246 e. The summed E-state index contributed by atoms with van der Waals surface area (Å²) in [7, 11) is 0. The van der Waals surface area contributed by atoms with Crippen LogP contribution in [0.4, 0.5) is 0 Å². The van der Waals surface area contributed by atoms with Gasteiger partial charge in [-0.15, -0.1) is 0 Å². The van der Waals surface area contributed by atoms with Crippen LogP contribution in [-0.2, 0) is 0 Å². The van der Waals surface area contributed by atoms with E-state index in [-0.39, 0.29) is 0 Å². The van der Waals surface area contributed by atoms with Crippen LogP contribution in [0.3, 0.4) is 0 Å². The zero-order chi connectivity index (χ0) is 38.4. The molecule has 0 aliphatic rings. The molecule has 2 aromatic heterocycles. The summed E-state index contributed by atoms with van der Waals surface area (Å²) >= 11 is 0. The van der Waals surface area contributed by atoms with Crippen LogP contribution >= 0.6 is 0 Å². The van der Waals surface area contributed by atoms with Gasteiger partial charge in [0, 0.05) is 38.4 Å². The molecule has 0 saturated carbocycles. The molecule has 0 amide bonds. The molecule has 0 unspecified atom stereocenters. The molecule has 0 spiro atoms. The Morgan fingerprint density at radius 1 is 0.207 bits per heavy atom. The van der Waals surface area contributed by atoms with Gasteiger partial charge in [0.1, 0.15) is 0 Å². The van der Waals surface area contributed by atoms with Gasteiger partial charge in [-0.05, 0) is 43.8 Å². The molecule has 11 aromatic rings. The standard InChI is InChI=1S/C54H34N4/c1-3-13-35(14-4-1)37-23-29-40(30-24-37)52-56-53(41-31-25-38(26-32-41)36-15-5-2-6-16-36)58-54(57-52)42-33-27-39(28-34-42)50-48-22-12-10-20-46(48)49-45-19-9-7-17-43(45)44-18-8-11-21-47(44)51(49)55-50/h1-34H. The summed E-state index contributed by atoms with van der Waals surface area (Å²) in [6, 6.07) is 72.1. The SMILES string of the molecule is c1ccc(-c2ccc(-c3nc(-c4ccc(-c5ccccc5)cc4)nc(-c4ccc(-c5nc6c7ccccc7c7ccccc7c6c6ccccc56)cc4)n3)cc2)cc1. The summed E-state index contributed by atoms with van der Waals surface area (Å²) in [5, 5.41) is 8.31. The van der Waals surface area contributed by atoms with Crippen molar-refractivity contribution in [2.45, 2.75) is 0 Å². The molecule has 0 bridgehead atoms. The van der Waals surface area contributed by atoms with E-state index < -0.39 is 0 Å². The molecule has 4 heteroatoms. The van der Waals surface area contributed by atoms with Crippen molar-refractivity contribution in [3.8, 4) is 67.7 Å². The number of nitrogens with zero attached hydrogens (tertiary/aromatic N) is 4. The molecular weight excluding hydrogens is 705 g/mol. The van der Waals surface area contributed by atoms with Gasteiger partial charge < -0.3 is 0 Å². The summed E-state index contributed by atoms with van der Waals surface area (Å²) < 4.78 is 0. The fourth-order valence-electron chi connectivity index (χ4n) is 8.24. The molecule has 9 aromatic carbocycles. The molecule has 11 rings (SSSR count). The molecule has 0 N–H and O–H groups in total. The predicted octanol–water partition coefficient (Wildman–Crippen LogP) is 13.9. The fourth-order valence-corrected chi connectivity index (χ4v) is 8.24. The van der Waals surface area contributed by atoms with Crippen molar-refractivity contribution in [3.63, 3.8) is 0 Å². The molecule has 0 fully saturated rings. The summed E-state index contributed by atoms with van der Waals surface area (Å²) in [6.45, 7) is 0. The van der Waals surface area contributed by atoms with E-state index in [0.717, 1.165) is 55.4 Å². The third-order valence-electron chi connectivity index (χ3n) is 11.1. The highest BCUT2D eigenvalue weighted by Crippen LogP contribution is 2.41. The number of pyridine rings is 1. The van der Waals surface area contributed by atoms with Gasteiger partial charge in [0.25, 0.3) is 0 Å². The first kappa shape index (κ1) is 33.5. The van der Waals surface area contributed by atoms with Gasteiger partial charge in [0.2, 0.25) is 0 Å². The first-order valence-electron chi connectivity index (χ1n) is 19.6. The summed E-state index contributed by atoms with van der Waals surface area (Å²) in [5.41, 5.74) is 10.4. The Kier molecular flexibility index (Phi) is 8.11. The normalized spacial score (nSPS) is 11.4. The third kappa shape index (κ3) is 5.87. The lowest BCUT2D eigenvalue weighted by molar-refractivity contribution is 1.07. The van der Waals surface area contributed by atoms with Gasteiger partial charge in [-0.2, -0.15) is 0 Å². The Hall–Kier alpha value is -7.82. The van der Waals surface area contributed by atoms with Gasteiger partial charge >= 0.3 is 0 Å². The maximum absolute atomic E-state index is 5.48. The molecule has 0 radical (unpaired) electrons. The van der Waals surface area contributed by atoms with Gasteiger partial charge in [-0.25, -0.2) is 19.9 Å².